The summed E-state index contributed by atoms with van der Waals surface area (Å²) in [4.78, 5) is 31.4. The minimum atomic E-state index is -5.52. The Balaban J connectivity index is 0.00000109. The van der Waals surface area contributed by atoms with Crippen LogP contribution >= 0.6 is 7.82 Å². The number of phosphoric acid groups is 1. The molecule has 1 aromatic carbocycles. The third kappa shape index (κ3) is 16.1. The van der Waals surface area contributed by atoms with E-state index in [4.69, 9.17) is 14.9 Å². The number of rotatable bonds is 16. The normalized spacial score (nSPS) is 20.5. The zero-order valence-corrected chi connectivity index (χ0v) is 38.6. The number of fused-ring (bicyclic) bond motifs is 1. The molecule has 0 unspecified atom stereocenters. The number of phosphoric ester groups is 1. The number of aliphatic hydroxyl groups excluding tert-OH is 3. The Kier molecular flexibility index (Phi) is 23.5. The van der Waals surface area contributed by atoms with Crippen LogP contribution in [0.5, 0.6) is 11.5 Å². The van der Waals surface area contributed by atoms with E-state index in [0.717, 1.165) is 59.5 Å². The monoisotopic (exact) mass is 762 g/mol. The molecule has 0 aromatic heterocycles. The first-order valence-electron chi connectivity index (χ1n) is 16.9. The summed E-state index contributed by atoms with van der Waals surface area (Å²) in [6.07, 6.45) is 10.7. The number of ether oxygens (including phenoxy) is 2. The predicted molar refractivity (Wildman–Crippen MR) is 176 cm³/mol. The van der Waals surface area contributed by atoms with Crippen LogP contribution in [0.15, 0.2) is 11.5 Å². The Bertz CT molecular complexity index is 1280. The van der Waals surface area contributed by atoms with Gasteiger partial charge < -0.3 is 48.8 Å². The van der Waals surface area contributed by atoms with E-state index in [-0.39, 0.29) is 108 Å². The van der Waals surface area contributed by atoms with Gasteiger partial charge in [-0.05, 0) is 87.8 Å². The summed E-state index contributed by atoms with van der Waals surface area (Å²) in [6, 6.07) is 0. The summed E-state index contributed by atoms with van der Waals surface area (Å²) in [5.41, 5.74) is 4.23. The predicted octanol–water partition coefficient (Wildman–Crippen LogP) is -0.272. The number of esters is 1. The second-order valence-corrected chi connectivity index (χ2v) is 15.3. The first-order valence-corrected chi connectivity index (χ1v) is 18.4. The summed E-state index contributed by atoms with van der Waals surface area (Å²) in [5, 5.41) is 37.2. The molecule has 0 amide bonds. The molecule has 0 spiro atoms. The van der Waals surface area contributed by atoms with E-state index < -0.39 is 44.1 Å². The quantitative estimate of drug-likeness (QED) is 0.0987. The SMILES string of the molecule is Cc1c(C)c2c(c(C)c1O)CC[C@@](C)(CCC[C@H](C)CCC[C@H](C)CCCC(C)C)O2.O=C1O[C@H]([C@@H](O)CO)C(O)=C1OP(=O)([O-])[O-].[K+].[K+]. The summed E-state index contributed by atoms with van der Waals surface area (Å²) >= 11 is 0. The van der Waals surface area contributed by atoms with Crippen molar-refractivity contribution in [2.45, 2.75) is 144 Å². The number of carbonyl (C=O) groups is 1. The molecule has 11 nitrogen and oxygen atoms in total. The van der Waals surface area contributed by atoms with E-state index in [2.05, 4.69) is 50.8 Å². The number of aromatic hydroxyl groups is 1. The van der Waals surface area contributed by atoms with Crippen LogP contribution in [-0.4, -0.2) is 50.8 Å². The fourth-order valence-electron chi connectivity index (χ4n) is 6.28. The zero-order valence-electron chi connectivity index (χ0n) is 31.5. The van der Waals surface area contributed by atoms with E-state index in [1.807, 2.05) is 13.8 Å². The van der Waals surface area contributed by atoms with Crippen molar-refractivity contribution >= 4 is 13.8 Å². The number of phenolic OH excluding ortho intramolecular Hbond substituents is 1. The molecular formula is C35H57K2O11P. The van der Waals surface area contributed by atoms with Crippen LogP contribution in [0.25, 0.3) is 0 Å². The molecule has 0 saturated heterocycles. The summed E-state index contributed by atoms with van der Waals surface area (Å²) < 4.78 is 24.8. The molecule has 2 heterocycles. The van der Waals surface area contributed by atoms with Crippen molar-refractivity contribution in [2.75, 3.05) is 6.61 Å². The molecule has 2 aliphatic heterocycles. The fraction of sp³-hybridized carbons (Fsp3) is 0.743. The smallest absolute Gasteiger partial charge is 0.780 e. The Hall–Kier alpha value is 0.973. The van der Waals surface area contributed by atoms with Gasteiger partial charge in [-0.25, -0.2) is 4.79 Å². The van der Waals surface area contributed by atoms with Gasteiger partial charge in [0.1, 0.15) is 31.0 Å². The molecule has 0 bridgehead atoms. The number of benzene rings is 1. The van der Waals surface area contributed by atoms with Crippen LogP contribution in [-0.2, 0) is 25.0 Å². The van der Waals surface area contributed by atoms with Gasteiger partial charge in [0, 0.05) is 5.56 Å². The molecule has 0 saturated carbocycles. The Morgan fingerprint density at radius 2 is 1.45 bits per heavy atom. The third-order valence-electron chi connectivity index (χ3n) is 9.53. The average molecular weight is 763 g/mol. The van der Waals surface area contributed by atoms with Crippen molar-refractivity contribution in [1.82, 2.24) is 0 Å². The van der Waals surface area contributed by atoms with Crippen molar-refractivity contribution in [1.29, 1.82) is 0 Å². The number of cyclic esters (lactones) is 1. The third-order valence-corrected chi connectivity index (χ3v) is 9.93. The second kappa shape index (κ2) is 23.0. The Morgan fingerprint density at radius 1 is 0.918 bits per heavy atom. The van der Waals surface area contributed by atoms with E-state index in [0.29, 0.717) is 5.75 Å². The van der Waals surface area contributed by atoms with Gasteiger partial charge in [-0.3, -0.25) is 0 Å². The van der Waals surface area contributed by atoms with Crippen molar-refractivity contribution in [3.05, 3.63) is 33.8 Å². The van der Waals surface area contributed by atoms with Gasteiger partial charge in [0.25, 0.3) is 5.76 Å². The number of aliphatic hydroxyl groups is 3. The topological polar surface area (TPSA) is 189 Å². The molecule has 0 aliphatic carbocycles. The molecule has 49 heavy (non-hydrogen) atoms. The second-order valence-electron chi connectivity index (χ2n) is 14.3. The number of hydrogen-bond acceptors (Lipinski definition) is 11. The van der Waals surface area contributed by atoms with Crippen LogP contribution in [0.1, 0.15) is 121 Å². The van der Waals surface area contributed by atoms with E-state index >= 15 is 0 Å². The van der Waals surface area contributed by atoms with Gasteiger partial charge in [0.2, 0.25) is 0 Å². The first kappa shape index (κ1) is 50.0. The molecule has 5 atom stereocenters. The largest absolute Gasteiger partial charge is 1.00 e. The van der Waals surface area contributed by atoms with E-state index in [9.17, 15) is 29.4 Å². The molecule has 3 rings (SSSR count). The molecule has 0 fully saturated rings. The van der Waals surface area contributed by atoms with Crippen molar-refractivity contribution in [3.63, 3.8) is 0 Å². The van der Waals surface area contributed by atoms with Crippen LogP contribution < -0.4 is 117 Å². The Morgan fingerprint density at radius 3 is 1.96 bits per heavy atom. The first-order chi connectivity index (χ1) is 21.8. The van der Waals surface area contributed by atoms with Gasteiger partial charge in [-0.1, -0.05) is 72.6 Å². The molecule has 4 N–H and O–H groups in total. The standard InChI is InChI=1S/C29H50O2.C6H9O9P.2K/c1-20(2)12-9-13-21(3)14-10-15-22(4)16-11-18-29(8)19-17-26-25(7)27(30)23(5)24(6)28(26)31-29;7-1-2(8)4-3(9)5(6(10)14-4)15-16(11,12)13;;/h20-22,30H,9-19H2,1-8H3;2,4,7-9H,1H2,(H2,11,12,13);;/q;;2*+1/p-2/t21-,22-,29-;2-,4+;;/m10../s1. The van der Waals surface area contributed by atoms with Crippen molar-refractivity contribution in [2.24, 2.45) is 17.8 Å². The summed E-state index contributed by atoms with van der Waals surface area (Å²) in [5.74, 6) is 0.360. The van der Waals surface area contributed by atoms with Gasteiger partial charge >= 0.3 is 109 Å². The molecule has 270 valence electrons. The minimum Gasteiger partial charge on any atom is -0.780 e. The molecule has 2 aliphatic rings. The van der Waals surface area contributed by atoms with Crippen LogP contribution in [0.3, 0.4) is 0 Å². The molecule has 14 heteroatoms. The summed E-state index contributed by atoms with van der Waals surface area (Å²) in [7, 11) is -5.52. The number of phenols is 1. The van der Waals surface area contributed by atoms with E-state index in [1.165, 1.54) is 56.9 Å². The maximum Gasteiger partial charge on any atom is 1.00 e. The van der Waals surface area contributed by atoms with Crippen LogP contribution in [0.2, 0.25) is 0 Å². The fourth-order valence-corrected chi connectivity index (χ4v) is 6.68. The van der Waals surface area contributed by atoms with Crippen molar-refractivity contribution in [3.8, 4) is 11.5 Å². The maximum absolute atomic E-state index is 10.9. The van der Waals surface area contributed by atoms with Gasteiger partial charge in [0.15, 0.2) is 11.9 Å². The Labute approximate surface area is 378 Å². The molecule has 0 radical (unpaired) electrons. The van der Waals surface area contributed by atoms with Gasteiger partial charge in [-0.15, -0.1) is 0 Å². The number of hydrogen-bond donors (Lipinski definition) is 4. The van der Waals surface area contributed by atoms with Gasteiger partial charge in [-0.2, -0.15) is 0 Å². The van der Waals surface area contributed by atoms with E-state index in [1.54, 1.807) is 0 Å². The minimum absolute atomic E-state index is 0. The van der Waals surface area contributed by atoms with Crippen LogP contribution in [0, 0.1) is 38.5 Å². The van der Waals surface area contributed by atoms with Gasteiger partial charge in [0.05, 0.1) is 6.61 Å². The van der Waals surface area contributed by atoms with Crippen LogP contribution in [0.4, 0.5) is 0 Å². The zero-order chi connectivity index (χ0) is 35.7. The molecular weight excluding hydrogens is 706 g/mol. The molecule has 1 aromatic rings. The van der Waals surface area contributed by atoms with Crippen molar-refractivity contribution < 1.29 is 156 Å². The maximum atomic E-state index is 10.9. The number of carbonyl (C=O) groups excluding carboxylic acids is 1. The summed E-state index contributed by atoms with van der Waals surface area (Å²) in [6.45, 7) is 17.1. The average Bonchev–Trinajstić information content (AvgIpc) is 3.26.